The number of ketones is 1. The van der Waals surface area contributed by atoms with Crippen LogP contribution in [-0.4, -0.2) is 27.3 Å². The van der Waals surface area contributed by atoms with Gasteiger partial charge in [-0.1, -0.05) is 6.07 Å². The predicted octanol–water partition coefficient (Wildman–Crippen LogP) is 4.27. The number of hydrogen-bond acceptors (Lipinski definition) is 7. The molecular formula is C24H19N3O5. The third kappa shape index (κ3) is 3.61. The fraction of sp³-hybridized carbons (Fsp3) is 0.167. The lowest BCUT2D eigenvalue weighted by Crippen LogP contribution is -2.32. The van der Waals surface area contributed by atoms with Crippen molar-refractivity contribution < 1.29 is 19.2 Å². The molecule has 3 heterocycles. The molecule has 32 heavy (non-hydrogen) atoms. The zero-order valence-corrected chi connectivity index (χ0v) is 17.3. The van der Waals surface area contributed by atoms with Gasteiger partial charge in [0.25, 0.3) is 5.69 Å². The standard InChI is InChI=1S/C24H19N3O5/c1-15-23-17(12-26(14-31-23)13-18-4-2-3-9-25-18)11-20-22(28)21(32-24(15)20)10-16-5-7-19(8-6-16)27(29)30/h2-11H,12-14H2,1H3/b21-10-. The Bertz CT molecular complexity index is 1250. The number of carbonyl (C=O) groups is 1. The number of hydrogen-bond donors (Lipinski definition) is 0. The summed E-state index contributed by atoms with van der Waals surface area (Å²) in [7, 11) is 0. The molecule has 0 spiro atoms. The lowest BCUT2D eigenvalue weighted by Gasteiger charge is -2.30. The molecule has 0 atom stereocenters. The van der Waals surface area contributed by atoms with E-state index < -0.39 is 4.92 Å². The molecule has 2 aliphatic rings. The Morgan fingerprint density at radius 3 is 2.72 bits per heavy atom. The van der Waals surface area contributed by atoms with Gasteiger partial charge in [0, 0.05) is 42.5 Å². The molecule has 0 aliphatic carbocycles. The number of nitrogens with zero attached hydrogens (tertiary/aromatic N) is 3. The summed E-state index contributed by atoms with van der Waals surface area (Å²) >= 11 is 0. The van der Waals surface area contributed by atoms with Gasteiger partial charge in [0.15, 0.2) is 5.76 Å². The highest BCUT2D eigenvalue weighted by atomic mass is 16.6. The Kier molecular flexibility index (Phi) is 4.91. The average Bonchev–Trinajstić information content (AvgIpc) is 3.10. The summed E-state index contributed by atoms with van der Waals surface area (Å²) in [6, 6.07) is 13.6. The third-order valence-electron chi connectivity index (χ3n) is 5.52. The number of nitro groups is 1. The highest BCUT2D eigenvalue weighted by Gasteiger charge is 2.33. The molecule has 0 radical (unpaired) electrons. The molecular weight excluding hydrogens is 410 g/mol. The summed E-state index contributed by atoms with van der Waals surface area (Å²) in [5, 5.41) is 10.8. The third-order valence-corrected chi connectivity index (χ3v) is 5.52. The number of benzene rings is 2. The lowest BCUT2D eigenvalue weighted by molar-refractivity contribution is -0.384. The first-order valence-corrected chi connectivity index (χ1v) is 10.1. The molecule has 5 rings (SSSR count). The number of aromatic nitrogens is 1. The van der Waals surface area contributed by atoms with Crippen LogP contribution in [0.15, 0.2) is 60.5 Å². The molecule has 0 amide bonds. The van der Waals surface area contributed by atoms with Crippen LogP contribution < -0.4 is 9.47 Å². The zero-order chi connectivity index (χ0) is 22.2. The summed E-state index contributed by atoms with van der Waals surface area (Å²) in [5.74, 6) is 1.21. The molecule has 0 saturated carbocycles. The molecule has 0 unspecified atom stereocenters. The Balaban J connectivity index is 1.41. The molecule has 0 N–H and O–H groups in total. The van der Waals surface area contributed by atoms with E-state index in [1.54, 1.807) is 24.4 Å². The number of allylic oxidation sites excluding steroid dienone is 1. The van der Waals surface area contributed by atoms with Crippen LogP contribution in [0.25, 0.3) is 6.08 Å². The van der Waals surface area contributed by atoms with E-state index in [1.165, 1.54) is 12.1 Å². The summed E-state index contributed by atoms with van der Waals surface area (Å²) < 4.78 is 11.9. The maximum Gasteiger partial charge on any atom is 0.269 e. The fourth-order valence-electron chi connectivity index (χ4n) is 3.96. The van der Waals surface area contributed by atoms with E-state index in [9.17, 15) is 14.9 Å². The highest BCUT2D eigenvalue weighted by Crippen LogP contribution is 2.43. The molecule has 2 aromatic carbocycles. The molecule has 8 heteroatoms. The summed E-state index contributed by atoms with van der Waals surface area (Å²) in [5.41, 5.74) is 3.80. The first-order valence-electron chi connectivity index (χ1n) is 10.1. The smallest absolute Gasteiger partial charge is 0.269 e. The van der Waals surface area contributed by atoms with E-state index in [0.29, 0.717) is 36.7 Å². The second-order valence-electron chi connectivity index (χ2n) is 7.74. The van der Waals surface area contributed by atoms with Crippen LogP contribution >= 0.6 is 0 Å². The van der Waals surface area contributed by atoms with Gasteiger partial charge in [-0.3, -0.25) is 24.8 Å². The number of carbonyl (C=O) groups excluding carboxylic acids is 1. The predicted molar refractivity (Wildman–Crippen MR) is 116 cm³/mol. The van der Waals surface area contributed by atoms with Crippen molar-refractivity contribution in [2.24, 2.45) is 0 Å². The Morgan fingerprint density at radius 2 is 2.00 bits per heavy atom. The Morgan fingerprint density at radius 1 is 1.19 bits per heavy atom. The molecule has 1 aromatic heterocycles. The average molecular weight is 429 g/mol. The minimum atomic E-state index is -0.463. The van der Waals surface area contributed by atoms with Crippen molar-refractivity contribution in [2.45, 2.75) is 20.0 Å². The van der Waals surface area contributed by atoms with Crippen LogP contribution in [0.3, 0.4) is 0 Å². The second kappa shape index (κ2) is 7.90. The number of fused-ring (bicyclic) bond motifs is 2. The van der Waals surface area contributed by atoms with E-state index in [2.05, 4.69) is 9.88 Å². The van der Waals surface area contributed by atoms with Crippen molar-refractivity contribution in [1.29, 1.82) is 0 Å². The first-order chi connectivity index (χ1) is 15.5. The molecule has 0 saturated heterocycles. The molecule has 0 bridgehead atoms. The van der Waals surface area contributed by atoms with Crippen LogP contribution in [0.5, 0.6) is 11.5 Å². The molecule has 8 nitrogen and oxygen atoms in total. The topological polar surface area (TPSA) is 94.8 Å². The highest BCUT2D eigenvalue weighted by molar-refractivity contribution is 6.15. The normalized spacial score (nSPS) is 16.3. The quantitative estimate of drug-likeness (QED) is 0.347. The van der Waals surface area contributed by atoms with Gasteiger partial charge in [-0.05, 0) is 48.9 Å². The van der Waals surface area contributed by atoms with Gasteiger partial charge in [0.2, 0.25) is 5.78 Å². The minimum absolute atomic E-state index is 0.00923. The van der Waals surface area contributed by atoms with Crippen molar-refractivity contribution in [2.75, 3.05) is 6.73 Å². The number of rotatable bonds is 4. The first kappa shape index (κ1) is 19.9. The van der Waals surface area contributed by atoms with Crippen LogP contribution in [0.1, 0.15) is 32.7 Å². The maximum atomic E-state index is 13.0. The lowest BCUT2D eigenvalue weighted by atomic mass is 10.00. The van der Waals surface area contributed by atoms with Crippen LogP contribution in [0.4, 0.5) is 5.69 Å². The van der Waals surface area contributed by atoms with Crippen molar-refractivity contribution in [3.05, 3.63) is 98.5 Å². The fourth-order valence-corrected chi connectivity index (χ4v) is 3.96. The van der Waals surface area contributed by atoms with E-state index in [4.69, 9.17) is 9.47 Å². The zero-order valence-electron chi connectivity index (χ0n) is 17.3. The Hall–Kier alpha value is -4.04. The van der Waals surface area contributed by atoms with Gasteiger partial charge in [-0.25, -0.2) is 0 Å². The molecule has 2 aliphatic heterocycles. The summed E-state index contributed by atoms with van der Waals surface area (Å²) in [4.78, 5) is 29.9. The van der Waals surface area contributed by atoms with E-state index in [-0.39, 0.29) is 17.2 Å². The van der Waals surface area contributed by atoms with Gasteiger partial charge in [0.05, 0.1) is 16.2 Å². The van der Waals surface area contributed by atoms with Crippen LogP contribution in [-0.2, 0) is 13.1 Å². The van der Waals surface area contributed by atoms with Crippen molar-refractivity contribution >= 4 is 17.5 Å². The molecule has 160 valence electrons. The monoisotopic (exact) mass is 429 g/mol. The molecule has 0 fully saturated rings. The van der Waals surface area contributed by atoms with Crippen molar-refractivity contribution in [3.63, 3.8) is 0 Å². The second-order valence-corrected chi connectivity index (χ2v) is 7.74. The minimum Gasteiger partial charge on any atom is -0.477 e. The van der Waals surface area contributed by atoms with Crippen molar-refractivity contribution in [1.82, 2.24) is 9.88 Å². The number of non-ortho nitro benzene ring substituents is 1. The number of Topliss-reactive ketones (excluding diaryl/α,β-unsaturated/α-hetero) is 1. The largest absolute Gasteiger partial charge is 0.477 e. The van der Waals surface area contributed by atoms with Crippen LogP contribution in [0.2, 0.25) is 0 Å². The van der Waals surface area contributed by atoms with Gasteiger partial charge in [-0.15, -0.1) is 0 Å². The van der Waals surface area contributed by atoms with Gasteiger partial charge in [0.1, 0.15) is 18.2 Å². The maximum absolute atomic E-state index is 13.0. The van der Waals surface area contributed by atoms with Crippen molar-refractivity contribution in [3.8, 4) is 11.5 Å². The number of nitro benzene ring substituents is 1. The van der Waals surface area contributed by atoms with Gasteiger partial charge < -0.3 is 9.47 Å². The summed E-state index contributed by atoms with van der Waals surface area (Å²) in [6.45, 7) is 3.58. The van der Waals surface area contributed by atoms with E-state index >= 15 is 0 Å². The SMILES string of the molecule is Cc1c2c(cc3c1O/C(=C\c1ccc([N+](=O)[O-])cc1)C3=O)CN(Cc1ccccn1)CO2. The Labute approximate surface area is 183 Å². The summed E-state index contributed by atoms with van der Waals surface area (Å²) in [6.07, 6.45) is 3.36. The van der Waals surface area contributed by atoms with E-state index in [1.807, 2.05) is 31.2 Å². The van der Waals surface area contributed by atoms with Gasteiger partial charge in [-0.2, -0.15) is 0 Å². The van der Waals surface area contributed by atoms with Gasteiger partial charge >= 0.3 is 0 Å². The van der Waals surface area contributed by atoms with Crippen LogP contribution in [0, 0.1) is 17.0 Å². The number of ether oxygens (including phenoxy) is 2. The molecule has 3 aromatic rings. The number of pyridine rings is 1. The van der Waals surface area contributed by atoms with E-state index in [0.717, 1.165) is 22.6 Å².